The quantitative estimate of drug-likeness (QED) is 0.686. The van der Waals surface area contributed by atoms with Crippen LogP contribution in [0.25, 0.3) is 11.3 Å². The van der Waals surface area contributed by atoms with Crippen LogP contribution < -0.4 is 10.6 Å². The van der Waals surface area contributed by atoms with Crippen molar-refractivity contribution in [3.8, 4) is 11.3 Å². The van der Waals surface area contributed by atoms with E-state index >= 15 is 0 Å². The largest absolute Gasteiger partial charge is 0.339 e. The van der Waals surface area contributed by atoms with Crippen molar-refractivity contribution in [2.75, 3.05) is 18.0 Å². The van der Waals surface area contributed by atoms with Gasteiger partial charge in [-0.25, -0.2) is 9.97 Å². The van der Waals surface area contributed by atoms with E-state index in [1.807, 2.05) is 13.0 Å². The summed E-state index contributed by atoms with van der Waals surface area (Å²) in [5.41, 5.74) is 8.46. The van der Waals surface area contributed by atoms with Crippen molar-refractivity contribution in [3.05, 3.63) is 46.1 Å². The summed E-state index contributed by atoms with van der Waals surface area (Å²) in [6.45, 7) is 3.52. The third kappa shape index (κ3) is 2.89. The van der Waals surface area contributed by atoms with Gasteiger partial charge in [0.05, 0.1) is 10.6 Å². The first-order valence-corrected chi connectivity index (χ1v) is 7.14. The Morgan fingerprint density at radius 1 is 1.32 bits per heavy atom. The minimum absolute atomic E-state index is 0.0697. The molecule has 3 rings (SSSR count). The zero-order valence-electron chi connectivity index (χ0n) is 12.3. The molecule has 1 fully saturated rings. The number of hydrogen-bond donors (Lipinski definition) is 1. The number of rotatable bonds is 3. The Labute approximate surface area is 127 Å². The molecule has 2 heterocycles. The molecule has 0 bridgehead atoms. The summed E-state index contributed by atoms with van der Waals surface area (Å²) >= 11 is 0. The molecular weight excluding hydrogens is 282 g/mol. The minimum Gasteiger partial charge on any atom is -0.339 e. The number of non-ortho nitro benzene ring substituents is 1. The Bertz CT molecular complexity index is 702. The third-order valence-electron chi connectivity index (χ3n) is 3.72. The number of nitrogens with zero attached hydrogens (tertiary/aromatic N) is 4. The lowest BCUT2D eigenvalue weighted by atomic mass is 10.1. The molecule has 1 aliphatic heterocycles. The Hall–Kier alpha value is -2.54. The maximum Gasteiger partial charge on any atom is 0.269 e. The second-order valence-electron chi connectivity index (χ2n) is 5.49. The van der Waals surface area contributed by atoms with Gasteiger partial charge < -0.3 is 10.6 Å². The fourth-order valence-electron chi connectivity index (χ4n) is 2.57. The molecule has 0 aliphatic carbocycles. The minimum atomic E-state index is -0.411. The van der Waals surface area contributed by atoms with Crippen LogP contribution in [0.4, 0.5) is 11.6 Å². The summed E-state index contributed by atoms with van der Waals surface area (Å²) in [6.07, 6.45) is 0.935. The highest BCUT2D eigenvalue weighted by atomic mass is 16.6. The molecule has 1 aliphatic rings. The highest BCUT2D eigenvalue weighted by Gasteiger charge is 2.22. The highest BCUT2D eigenvalue weighted by molar-refractivity contribution is 5.62. The van der Waals surface area contributed by atoms with Crippen LogP contribution >= 0.6 is 0 Å². The van der Waals surface area contributed by atoms with Gasteiger partial charge in [-0.2, -0.15) is 0 Å². The molecular formula is C15H17N5O2. The molecule has 1 atom stereocenters. The molecule has 0 amide bonds. The fourth-order valence-corrected chi connectivity index (χ4v) is 2.57. The smallest absolute Gasteiger partial charge is 0.269 e. The molecule has 114 valence electrons. The van der Waals surface area contributed by atoms with Gasteiger partial charge in [-0.3, -0.25) is 10.1 Å². The molecule has 1 unspecified atom stereocenters. The topological polar surface area (TPSA) is 98.2 Å². The molecule has 2 aromatic rings. The predicted octanol–water partition coefficient (Wildman–Crippen LogP) is 1.90. The van der Waals surface area contributed by atoms with Crippen LogP contribution in [0.5, 0.6) is 0 Å². The summed E-state index contributed by atoms with van der Waals surface area (Å²) in [6, 6.07) is 8.42. The summed E-state index contributed by atoms with van der Waals surface area (Å²) in [5, 5.41) is 10.7. The van der Waals surface area contributed by atoms with E-state index < -0.39 is 4.92 Å². The molecule has 0 spiro atoms. The predicted molar refractivity (Wildman–Crippen MR) is 83.7 cm³/mol. The Balaban J connectivity index is 1.93. The van der Waals surface area contributed by atoms with Crippen molar-refractivity contribution < 1.29 is 4.92 Å². The van der Waals surface area contributed by atoms with E-state index in [-0.39, 0.29) is 11.7 Å². The lowest BCUT2D eigenvalue weighted by Gasteiger charge is -2.17. The summed E-state index contributed by atoms with van der Waals surface area (Å²) in [4.78, 5) is 21.4. The molecule has 1 saturated heterocycles. The Kier molecular flexibility index (Phi) is 3.72. The van der Waals surface area contributed by atoms with E-state index in [1.165, 1.54) is 12.1 Å². The van der Waals surface area contributed by atoms with Crippen LogP contribution in [0.1, 0.15) is 12.1 Å². The standard InChI is InChI=1S/C15H17N5O2/c1-10-8-14(11-2-4-13(5-3-11)20(21)22)18-15(17-10)19-7-6-12(16)9-19/h2-5,8,12H,6-7,9,16H2,1H3. The zero-order valence-corrected chi connectivity index (χ0v) is 12.3. The number of aryl methyl sites for hydroxylation is 1. The molecule has 22 heavy (non-hydrogen) atoms. The number of benzene rings is 1. The maximum absolute atomic E-state index is 10.7. The summed E-state index contributed by atoms with van der Waals surface area (Å²) in [7, 11) is 0. The first-order valence-electron chi connectivity index (χ1n) is 7.14. The van der Waals surface area contributed by atoms with Crippen LogP contribution in [0.15, 0.2) is 30.3 Å². The van der Waals surface area contributed by atoms with Gasteiger partial charge in [-0.1, -0.05) is 0 Å². The second kappa shape index (κ2) is 5.69. The maximum atomic E-state index is 10.7. The van der Waals surface area contributed by atoms with Crippen molar-refractivity contribution in [1.29, 1.82) is 0 Å². The van der Waals surface area contributed by atoms with E-state index in [2.05, 4.69) is 14.9 Å². The van der Waals surface area contributed by atoms with Crippen molar-refractivity contribution in [3.63, 3.8) is 0 Å². The van der Waals surface area contributed by atoms with E-state index in [0.29, 0.717) is 5.95 Å². The Morgan fingerprint density at radius 2 is 2.05 bits per heavy atom. The van der Waals surface area contributed by atoms with Gasteiger partial charge in [0.2, 0.25) is 5.95 Å². The SMILES string of the molecule is Cc1cc(-c2ccc([N+](=O)[O-])cc2)nc(N2CCC(N)C2)n1. The van der Waals surface area contributed by atoms with E-state index in [4.69, 9.17) is 5.73 Å². The zero-order chi connectivity index (χ0) is 15.7. The van der Waals surface area contributed by atoms with Crippen LogP contribution in [0.3, 0.4) is 0 Å². The number of nitrogens with two attached hydrogens (primary N) is 1. The highest BCUT2D eigenvalue weighted by Crippen LogP contribution is 2.24. The van der Waals surface area contributed by atoms with Crippen molar-refractivity contribution in [2.45, 2.75) is 19.4 Å². The van der Waals surface area contributed by atoms with Crippen LogP contribution in [0, 0.1) is 17.0 Å². The number of hydrogen-bond acceptors (Lipinski definition) is 6. The van der Waals surface area contributed by atoms with Crippen LogP contribution in [-0.2, 0) is 0 Å². The lowest BCUT2D eigenvalue weighted by molar-refractivity contribution is -0.384. The average Bonchev–Trinajstić information content (AvgIpc) is 2.93. The fraction of sp³-hybridized carbons (Fsp3) is 0.333. The first kappa shape index (κ1) is 14.4. The Morgan fingerprint density at radius 3 is 2.64 bits per heavy atom. The molecule has 2 N–H and O–H groups in total. The van der Waals surface area contributed by atoms with Gasteiger partial charge in [-0.05, 0) is 31.5 Å². The van der Waals surface area contributed by atoms with Crippen molar-refractivity contribution in [1.82, 2.24) is 9.97 Å². The number of aromatic nitrogens is 2. The molecule has 7 nitrogen and oxygen atoms in total. The lowest BCUT2D eigenvalue weighted by Crippen LogP contribution is -2.27. The molecule has 7 heteroatoms. The van der Waals surface area contributed by atoms with Gasteiger partial charge >= 0.3 is 0 Å². The summed E-state index contributed by atoms with van der Waals surface area (Å²) < 4.78 is 0. The average molecular weight is 299 g/mol. The number of nitro groups is 1. The van der Waals surface area contributed by atoms with Crippen molar-refractivity contribution >= 4 is 11.6 Å². The summed E-state index contributed by atoms with van der Waals surface area (Å²) in [5.74, 6) is 0.668. The molecule has 0 radical (unpaired) electrons. The number of nitro benzene ring substituents is 1. The van der Waals surface area contributed by atoms with Crippen LogP contribution in [-0.4, -0.2) is 34.0 Å². The van der Waals surface area contributed by atoms with Gasteiger partial charge in [-0.15, -0.1) is 0 Å². The first-order chi connectivity index (χ1) is 10.5. The van der Waals surface area contributed by atoms with Crippen molar-refractivity contribution in [2.24, 2.45) is 5.73 Å². The van der Waals surface area contributed by atoms with Gasteiger partial charge in [0.15, 0.2) is 0 Å². The van der Waals surface area contributed by atoms with E-state index in [1.54, 1.807) is 12.1 Å². The molecule has 1 aromatic carbocycles. The van der Waals surface area contributed by atoms with E-state index in [0.717, 1.165) is 36.5 Å². The normalized spacial score (nSPS) is 17.7. The van der Waals surface area contributed by atoms with Gasteiger partial charge in [0.25, 0.3) is 5.69 Å². The number of anilines is 1. The second-order valence-corrected chi connectivity index (χ2v) is 5.49. The molecule has 0 saturated carbocycles. The van der Waals surface area contributed by atoms with Gasteiger partial charge in [0, 0.05) is 42.5 Å². The van der Waals surface area contributed by atoms with E-state index in [9.17, 15) is 10.1 Å². The van der Waals surface area contributed by atoms with Crippen LogP contribution in [0.2, 0.25) is 0 Å². The monoisotopic (exact) mass is 299 g/mol. The molecule has 1 aromatic heterocycles. The third-order valence-corrected chi connectivity index (χ3v) is 3.72. The van der Waals surface area contributed by atoms with Gasteiger partial charge in [0.1, 0.15) is 0 Å².